The predicted octanol–water partition coefficient (Wildman–Crippen LogP) is 2.36. The van der Waals surface area contributed by atoms with Crippen molar-refractivity contribution >= 4 is 5.91 Å². The van der Waals surface area contributed by atoms with Crippen molar-refractivity contribution in [2.45, 2.75) is 13.5 Å². The molecule has 1 fully saturated rings. The number of aromatic nitrogens is 1. The summed E-state index contributed by atoms with van der Waals surface area (Å²) in [6.45, 7) is 4.40. The molecule has 8 heteroatoms. The third-order valence-electron chi connectivity index (χ3n) is 4.17. The Morgan fingerprint density at radius 1 is 1.17 bits per heavy atom. The molecule has 0 bridgehead atoms. The first-order valence-electron chi connectivity index (χ1n) is 7.52. The SMILES string of the molecule is Cc1oncc1CN1CCN(C(=O)c2ccc(F)c(F)c2F)CC1. The van der Waals surface area contributed by atoms with Crippen LogP contribution in [0.3, 0.4) is 0 Å². The topological polar surface area (TPSA) is 49.6 Å². The zero-order valence-electron chi connectivity index (χ0n) is 13.1. The molecule has 128 valence electrons. The van der Waals surface area contributed by atoms with Gasteiger partial charge in [0.25, 0.3) is 5.91 Å². The van der Waals surface area contributed by atoms with Gasteiger partial charge in [-0.05, 0) is 19.1 Å². The Balaban J connectivity index is 1.63. The van der Waals surface area contributed by atoms with E-state index in [4.69, 9.17) is 4.52 Å². The minimum absolute atomic E-state index is 0.377. The Morgan fingerprint density at radius 2 is 1.88 bits per heavy atom. The lowest BCUT2D eigenvalue weighted by Gasteiger charge is -2.34. The first kappa shape index (κ1) is 16.5. The Hall–Kier alpha value is -2.35. The fourth-order valence-corrected chi connectivity index (χ4v) is 2.68. The number of rotatable bonds is 3. The number of hydrogen-bond donors (Lipinski definition) is 0. The van der Waals surface area contributed by atoms with Crippen LogP contribution in [0.25, 0.3) is 0 Å². The molecule has 2 aromatic rings. The molecule has 1 aliphatic heterocycles. The molecule has 24 heavy (non-hydrogen) atoms. The van der Waals surface area contributed by atoms with Crippen molar-refractivity contribution in [1.82, 2.24) is 15.0 Å². The highest BCUT2D eigenvalue weighted by Gasteiger charge is 2.26. The maximum atomic E-state index is 13.8. The van der Waals surface area contributed by atoms with Gasteiger partial charge in [0.2, 0.25) is 0 Å². The third-order valence-corrected chi connectivity index (χ3v) is 4.17. The van der Waals surface area contributed by atoms with E-state index < -0.39 is 28.9 Å². The molecule has 0 saturated carbocycles. The van der Waals surface area contributed by atoms with Crippen molar-refractivity contribution in [2.75, 3.05) is 26.2 Å². The van der Waals surface area contributed by atoms with Crippen LogP contribution in [0.1, 0.15) is 21.7 Å². The first-order valence-corrected chi connectivity index (χ1v) is 7.52. The summed E-state index contributed by atoms with van der Waals surface area (Å²) in [6.07, 6.45) is 1.66. The molecular weight excluding hydrogens is 323 g/mol. The van der Waals surface area contributed by atoms with Crippen molar-refractivity contribution in [2.24, 2.45) is 0 Å². The maximum Gasteiger partial charge on any atom is 0.257 e. The molecule has 2 heterocycles. The quantitative estimate of drug-likeness (QED) is 0.806. The third kappa shape index (κ3) is 3.14. The number of hydrogen-bond acceptors (Lipinski definition) is 4. The van der Waals surface area contributed by atoms with Crippen LogP contribution in [-0.4, -0.2) is 47.0 Å². The molecule has 0 radical (unpaired) electrons. The normalized spacial score (nSPS) is 15.8. The summed E-state index contributed by atoms with van der Waals surface area (Å²) in [5.74, 6) is -4.26. The van der Waals surface area contributed by atoms with Gasteiger partial charge in [-0.2, -0.15) is 0 Å². The van der Waals surface area contributed by atoms with Gasteiger partial charge in [-0.15, -0.1) is 0 Å². The van der Waals surface area contributed by atoms with Gasteiger partial charge in [-0.1, -0.05) is 5.16 Å². The molecule has 0 spiro atoms. The van der Waals surface area contributed by atoms with E-state index in [0.717, 1.165) is 23.5 Å². The van der Waals surface area contributed by atoms with Gasteiger partial charge < -0.3 is 9.42 Å². The van der Waals surface area contributed by atoms with Gasteiger partial charge in [0, 0.05) is 38.3 Å². The van der Waals surface area contributed by atoms with Crippen molar-refractivity contribution in [1.29, 1.82) is 0 Å². The van der Waals surface area contributed by atoms with Crippen LogP contribution in [0.4, 0.5) is 13.2 Å². The van der Waals surface area contributed by atoms with E-state index in [0.29, 0.717) is 32.7 Å². The van der Waals surface area contributed by atoms with Gasteiger partial charge in [-0.25, -0.2) is 13.2 Å². The summed E-state index contributed by atoms with van der Waals surface area (Å²) in [6, 6.07) is 1.74. The first-order chi connectivity index (χ1) is 11.5. The van der Waals surface area contributed by atoms with E-state index in [9.17, 15) is 18.0 Å². The van der Waals surface area contributed by atoms with Crippen LogP contribution < -0.4 is 0 Å². The largest absolute Gasteiger partial charge is 0.361 e. The number of carbonyl (C=O) groups excluding carboxylic acids is 1. The fraction of sp³-hybridized carbons (Fsp3) is 0.375. The summed E-state index contributed by atoms with van der Waals surface area (Å²) < 4.78 is 45.0. The molecular formula is C16H16F3N3O2. The van der Waals surface area contributed by atoms with Crippen LogP contribution in [0.5, 0.6) is 0 Å². The summed E-state index contributed by atoms with van der Waals surface area (Å²) in [5, 5.41) is 3.72. The summed E-state index contributed by atoms with van der Waals surface area (Å²) in [7, 11) is 0. The van der Waals surface area contributed by atoms with Crippen LogP contribution in [-0.2, 0) is 6.54 Å². The zero-order chi connectivity index (χ0) is 17.3. The van der Waals surface area contributed by atoms with Crippen molar-refractivity contribution in [3.63, 3.8) is 0 Å². The zero-order valence-corrected chi connectivity index (χ0v) is 13.1. The lowest BCUT2D eigenvalue weighted by molar-refractivity contribution is 0.0622. The van der Waals surface area contributed by atoms with E-state index in [2.05, 4.69) is 10.1 Å². The number of nitrogens with zero attached hydrogens (tertiary/aromatic N) is 3. The smallest absolute Gasteiger partial charge is 0.257 e. The number of carbonyl (C=O) groups is 1. The summed E-state index contributed by atoms with van der Waals surface area (Å²) >= 11 is 0. The Kier molecular flexibility index (Phi) is 4.57. The standard InChI is InChI=1S/C16H16F3N3O2/c1-10-11(8-20-24-10)9-21-4-6-22(7-5-21)16(23)12-2-3-13(17)15(19)14(12)18/h2-3,8H,4-7,9H2,1H3. The highest BCUT2D eigenvalue weighted by Crippen LogP contribution is 2.18. The van der Waals surface area contributed by atoms with Gasteiger partial charge in [0.15, 0.2) is 17.5 Å². The molecule has 0 unspecified atom stereocenters. The minimum atomic E-state index is -1.62. The minimum Gasteiger partial charge on any atom is -0.361 e. The highest BCUT2D eigenvalue weighted by molar-refractivity contribution is 5.94. The lowest BCUT2D eigenvalue weighted by atomic mass is 10.1. The Morgan fingerprint density at radius 3 is 2.50 bits per heavy atom. The predicted molar refractivity (Wildman–Crippen MR) is 78.7 cm³/mol. The number of amides is 1. The lowest BCUT2D eigenvalue weighted by Crippen LogP contribution is -2.48. The summed E-state index contributed by atoms with van der Waals surface area (Å²) in [5.41, 5.74) is 0.527. The Labute approximate surface area is 136 Å². The number of piperazine rings is 1. The van der Waals surface area contributed by atoms with Gasteiger partial charge in [0.1, 0.15) is 5.76 Å². The second kappa shape index (κ2) is 6.64. The van der Waals surface area contributed by atoms with E-state index in [1.54, 1.807) is 6.20 Å². The van der Waals surface area contributed by atoms with Crippen molar-refractivity contribution in [3.05, 3.63) is 52.7 Å². The number of benzene rings is 1. The second-order valence-electron chi connectivity index (χ2n) is 5.70. The molecule has 5 nitrogen and oxygen atoms in total. The van der Waals surface area contributed by atoms with Gasteiger partial charge in [0.05, 0.1) is 11.8 Å². The molecule has 1 aromatic heterocycles. The maximum absolute atomic E-state index is 13.8. The molecule has 0 N–H and O–H groups in total. The monoisotopic (exact) mass is 339 g/mol. The van der Waals surface area contributed by atoms with E-state index in [1.165, 1.54) is 4.90 Å². The van der Waals surface area contributed by atoms with Crippen LogP contribution in [0.15, 0.2) is 22.9 Å². The summed E-state index contributed by atoms with van der Waals surface area (Å²) in [4.78, 5) is 15.9. The van der Waals surface area contributed by atoms with Gasteiger partial charge >= 0.3 is 0 Å². The van der Waals surface area contributed by atoms with Crippen LogP contribution in [0.2, 0.25) is 0 Å². The van der Waals surface area contributed by atoms with E-state index in [1.807, 2.05) is 6.92 Å². The molecule has 1 amide bonds. The fourth-order valence-electron chi connectivity index (χ4n) is 2.68. The molecule has 1 saturated heterocycles. The molecule has 1 aromatic carbocycles. The molecule has 0 atom stereocenters. The Bertz CT molecular complexity index is 755. The highest BCUT2D eigenvalue weighted by atomic mass is 19.2. The van der Waals surface area contributed by atoms with E-state index in [-0.39, 0.29) is 0 Å². The molecule has 0 aliphatic carbocycles. The second-order valence-corrected chi connectivity index (χ2v) is 5.70. The molecule has 1 aliphatic rings. The average Bonchev–Trinajstić information content (AvgIpc) is 2.98. The van der Waals surface area contributed by atoms with Crippen molar-refractivity contribution in [3.8, 4) is 0 Å². The average molecular weight is 339 g/mol. The number of aryl methyl sites for hydroxylation is 1. The molecule has 3 rings (SSSR count). The number of halogens is 3. The van der Waals surface area contributed by atoms with Gasteiger partial charge in [-0.3, -0.25) is 9.69 Å². The van der Waals surface area contributed by atoms with Crippen LogP contribution in [0, 0.1) is 24.4 Å². The van der Waals surface area contributed by atoms with Crippen LogP contribution >= 0.6 is 0 Å². The van der Waals surface area contributed by atoms with E-state index >= 15 is 0 Å². The van der Waals surface area contributed by atoms with Crippen molar-refractivity contribution < 1.29 is 22.5 Å².